The van der Waals surface area contributed by atoms with Crippen molar-refractivity contribution in [3.8, 4) is 0 Å². The molecule has 0 aromatic heterocycles. The van der Waals surface area contributed by atoms with Gasteiger partial charge in [-0.1, -0.05) is 19.8 Å². The van der Waals surface area contributed by atoms with Crippen molar-refractivity contribution >= 4 is 5.96 Å². The van der Waals surface area contributed by atoms with Crippen LogP contribution in [0.2, 0.25) is 0 Å². The third-order valence-electron chi connectivity index (χ3n) is 2.89. The molecule has 2 atom stereocenters. The molecule has 0 aromatic carbocycles. The Morgan fingerprint density at radius 3 is 2.85 bits per heavy atom. The number of nitrogens with zero attached hydrogens (tertiary/aromatic N) is 1. The topological polar surface area (TPSA) is 50.4 Å². The van der Waals surface area contributed by atoms with Crippen molar-refractivity contribution in [3.05, 3.63) is 0 Å². The molecular weight excluding hydrogens is 162 g/mol. The van der Waals surface area contributed by atoms with E-state index in [4.69, 9.17) is 5.73 Å². The van der Waals surface area contributed by atoms with Gasteiger partial charge in [0, 0.05) is 13.1 Å². The summed E-state index contributed by atoms with van der Waals surface area (Å²) in [6.45, 7) is 6.10. The predicted octanol–water partition coefficient (Wildman–Crippen LogP) is 1.35. The highest BCUT2D eigenvalue weighted by Gasteiger charge is 2.22. The molecule has 2 unspecified atom stereocenters. The quantitative estimate of drug-likeness (QED) is 0.512. The van der Waals surface area contributed by atoms with E-state index in [2.05, 4.69) is 17.2 Å². The molecule has 1 fully saturated rings. The highest BCUT2D eigenvalue weighted by molar-refractivity contribution is 5.77. The van der Waals surface area contributed by atoms with Crippen LogP contribution >= 0.6 is 0 Å². The van der Waals surface area contributed by atoms with Gasteiger partial charge in [-0.05, 0) is 25.2 Å². The van der Waals surface area contributed by atoms with Gasteiger partial charge in [-0.25, -0.2) is 0 Å². The number of rotatable bonds is 3. The van der Waals surface area contributed by atoms with Gasteiger partial charge in [-0.2, -0.15) is 0 Å². The maximum absolute atomic E-state index is 5.65. The van der Waals surface area contributed by atoms with Crippen molar-refractivity contribution in [1.29, 1.82) is 0 Å². The van der Waals surface area contributed by atoms with Gasteiger partial charge in [0.05, 0.1) is 0 Å². The van der Waals surface area contributed by atoms with Crippen LogP contribution in [0.1, 0.15) is 33.1 Å². The highest BCUT2D eigenvalue weighted by atomic mass is 15.1. The SMILES string of the molecule is CCNC(N)=NCC1CCCC1C. The summed E-state index contributed by atoms with van der Waals surface area (Å²) in [6.07, 6.45) is 4.05. The zero-order valence-electron chi connectivity index (χ0n) is 8.71. The highest BCUT2D eigenvalue weighted by Crippen LogP contribution is 2.30. The molecule has 3 N–H and O–H groups in total. The molecule has 0 radical (unpaired) electrons. The van der Waals surface area contributed by atoms with Crippen LogP contribution in [0.15, 0.2) is 4.99 Å². The molecule has 1 aliphatic rings. The fourth-order valence-corrected chi connectivity index (χ4v) is 1.95. The van der Waals surface area contributed by atoms with Crippen LogP contribution in [0.4, 0.5) is 0 Å². The van der Waals surface area contributed by atoms with Crippen LogP contribution in [-0.2, 0) is 0 Å². The molecule has 0 aromatic rings. The van der Waals surface area contributed by atoms with E-state index in [0.717, 1.165) is 24.9 Å². The van der Waals surface area contributed by atoms with E-state index in [0.29, 0.717) is 5.96 Å². The number of aliphatic imine (C=N–C) groups is 1. The van der Waals surface area contributed by atoms with Gasteiger partial charge in [0.2, 0.25) is 0 Å². The Labute approximate surface area is 80.8 Å². The molecule has 1 rings (SSSR count). The van der Waals surface area contributed by atoms with Crippen molar-refractivity contribution in [3.63, 3.8) is 0 Å². The maximum atomic E-state index is 5.65. The van der Waals surface area contributed by atoms with Crippen molar-refractivity contribution in [1.82, 2.24) is 5.32 Å². The first-order chi connectivity index (χ1) is 6.24. The zero-order chi connectivity index (χ0) is 9.68. The van der Waals surface area contributed by atoms with E-state index >= 15 is 0 Å². The summed E-state index contributed by atoms with van der Waals surface area (Å²) in [7, 11) is 0. The van der Waals surface area contributed by atoms with Gasteiger partial charge < -0.3 is 11.1 Å². The minimum absolute atomic E-state index is 0.599. The van der Waals surface area contributed by atoms with Gasteiger partial charge in [-0.3, -0.25) is 4.99 Å². The smallest absolute Gasteiger partial charge is 0.188 e. The maximum Gasteiger partial charge on any atom is 0.188 e. The van der Waals surface area contributed by atoms with Crippen LogP contribution in [0.25, 0.3) is 0 Å². The fraction of sp³-hybridized carbons (Fsp3) is 0.900. The van der Waals surface area contributed by atoms with Crippen LogP contribution in [0.5, 0.6) is 0 Å². The molecule has 1 aliphatic carbocycles. The summed E-state index contributed by atoms with van der Waals surface area (Å²) < 4.78 is 0. The Kier molecular flexibility index (Phi) is 4.06. The van der Waals surface area contributed by atoms with Crippen LogP contribution in [-0.4, -0.2) is 19.0 Å². The Balaban J connectivity index is 2.27. The van der Waals surface area contributed by atoms with E-state index in [1.54, 1.807) is 0 Å². The largest absolute Gasteiger partial charge is 0.370 e. The van der Waals surface area contributed by atoms with Gasteiger partial charge in [0.25, 0.3) is 0 Å². The summed E-state index contributed by atoms with van der Waals surface area (Å²) in [5, 5.41) is 3.01. The standard InChI is InChI=1S/C10H21N3/c1-3-12-10(11)13-7-9-6-4-5-8(9)2/h8-9H,3-7H2,1-2H3,(H3,11,12,13). The number of guanidine groups is 1. The molecule has 0 amide bonds. The van der Waals surface area contributed by atoms with Crippen LogP contribution in [0, 0.1) is 11.8 Å². The lowest BCUT2D eigenvalue weighted by Gasteiger charge is -2.12. The second kappa shape index (κ2) is 5.10. The Morgan fingerprint density at radius 1 is 1.54 bits per heavy atom. The van der Waals surface area contributed by atoms with E-state index in [1.807, 2.05) is 6.92 Å². The summed E-state index contributed by atoms with van der Waals surface area (Å²) in [5.74, 6) is 2.19. The Morgan fingerprint density at radius 2 is 2.31 bits per heavy atom. The van der Waals surface area contributed by atoms with Crippen LogP contribution in [0.3, 0.4) is 0 Å². The first kappa shape index (κ1) is 10.4. The summed E-state index contributed by atoms with van der Waals surface area (Å²) in [6, 6.07) is 0. The average molecular weight is 183 g/mol. The third kappa shape index (κ3) is 3.25. The van der Waals surface area contributed by atoms with Crippen LogP contribution < -0.4 is 11.1 Å². The lowest BCUT2D eigenvalue weighted by Crippen LogP contribution is -2.32. The second-order valence-electron chi connectivity index (χ2n) is 3.92. The van der Waals surface area contributed by atoms with E-state index < -0.39 is 0 Å². The molecule has 76 valence electrons. The minimum atomic E-state index is 0.599. The minimum Gasteiger partial charge on any atom is -0.370 e. The Bertz CT molecular complexity index is 177. The zero-order valence-corrected chi connectivity index (χ0v) is 8.71. The lowest BCUT2D eigenvalue weighted by atomic mass is 9.99. The molecular formula is C10H21N3. The molecule has 0 heterocycles. The molecule has 0 bridgehead atoms. The monoisotopic (exact) mass is 183 g/mol. The summed E-state index contributed by atoms with van der Waals surface area (Å²) in [4.78, 5) is 4.33. The summed E-state index contributed by atoms with van der Waals surface area (Å²) >= 11 is 0. The third-order valence-corrected chi connectivity index (χ3v) is 2.89. The number of nitrogens with two attached hydrogens (primary N) is 1. The first-order valence-electron chi connectivity index (χ1n) is 5.27. The van der Waals surface area contributed by atoms with Crippen molar-refractivity contribution in [2.45, 2.75) is 33.1 Å². The average Bonchev–Trinajstić information content (AvgIpc) is 2.48. The number of hydrogen-bond donors (Lipinski definition) is 2. The number of hydrogen-bond acceptors (Lipinski definition) is 1. The van der Waals surface area contributed by atoms with Gasteiger partial charge >= 0.3 is 0 Å². The van der Waals surface area contributed by atoms with E-state index in [1.165, 1.54) is 19.3 Å². The van der Waals surface area contributed by atoms with Crippen molar-refractivity contribution in [2.24, 2.45) is 22.6 Å². The molecule has 1 saturated carbocycles. The lowest BCUT2D eigenvalue weighted by molar-refractivity contribution is 0.429. The Hall–Kier alpha value is -0.730. The molecule has 13 heavy (non-hydrogen) atoms. The summed E-state index contributed by atoms with van der Waals surface area (Å²) in [5.41, 5.74) is 5.65. The van der Waals surface area contributed by atoms with Crippen molar-refractivity contribution in [2.75, 3.05) is 13.1 Å². The van der Waals surface area contributed by atoms with Crippen molar-refractivity contribution < 1.29 is 0 Å². The number of nitrogens with one attached hydrogen (secondary N) is 1. The first-order valence-corrected chi connectivity index (χ1v) is 5.27. The van der Waals surface area contributed by atoms with E-state index in [-0.39, 0.29) is 0 Å². The molecule has 3 heteroatoms. The van der Waals surface area contributed by atoms with Gasteiger partial charge in [-0.15, -0.1) is 0 Å². The molecule has 0 spiro atoms. The molecule has 0 saturated heterocycles. The normalized spacial score (nSPS) is 29.2. The van der Waals surface area contributed by atoms with Gasteiger partial charge in [0.1, 0.15) is 0 Å². The van der Waals surface area contributed by atoms with E-state index in [9.17, 15) is 0 Å². The molecule has 3 nitrogen and oxygen atoms in total. The predicted molar refractivity (Wildman–Crippen MR) is 56.7 cm³/mol. The molecule has 0 aliphatic heterocycles. The van der Waals surface area contributed by atoms with Gasteiger partial charge in [0.15, 0.2) is 5.96 Å². The fourth-order valence-electron chi connectivity index (χ4n) is 1.95. The second-order valence-corrected chi connectivity index (χ2v) is 3.92.